The molecule has 0 atom stereocenters. The fourth-order valence-corrected chi connectivity index (χ4v) is 2.62. The first-order valence-corrected chi connectivity index (χ1v) is 6.96. The Labute approximate surface area is 122 Å². The molecule has 0 saturated heterocycles. The zero-order valence-corrected chi connectivity index (χ0v) is 13.0. The van der Waals surface area contributed by atoms with Crippen molar-refractivity contribution >= 4 is 33.5 Å². The monoisotopic (exact) mass is 348 g/mol. The summed E-state index contributed by atoms with van der Waals surface area (Å²) >= 11 is 4.71. The quantitative estimate of drug-likeness (QED) is 0.854. The van der Waals surface area contributed by atoms with Crippen molar-refractivity contribution in [3.05, 3.63) is 15.2 Å². The van der Waals surface area contributed by atoms with Gasteiger partial charge in [-0.25, -0.2) is 0 Å². The van der Waals surface area contributed by atoms with Gasteiger partial charge in [0.15, 0.2) is 0 Å². The average Bonchev–Trinajstić information content (AvgIpc) is 2.93. The molecule has 2 heterocycles. The van der Waals surface area contributed by atoms with E-state index >= 15 is 0 Å². The number of methoxy groups -OCH3 is 1. The van der Waals surface area contributed by atoms with Crippen molar-refractivity contribution in [3.63, 3.8) is 0 Å². The molecule has 0 bridgehead atoms. The molecule has 0 aliphatic heterocycles. The Kier molecular flexibility index (Phi) is 4.07. The van der Waals surface area contributed by atoms with Gasteiger partial charge in [0.05, 0.1) is 23.0 Å². The Morgan fingerprint density at radius 3 is 2.74 bits per heavy atom. The van der Waals surface area contributed by atoms with E-state index in [4.69, 9.17) is 9.15 Å². The van der Waals surface area contributed by atoms with Crippen LogP contribution in [0.3, 0.4) is 0 Å². The summed E-state index contributed by atoms with van der Waals surface area (Å²) in [6, 6.07) is 0.247. The van der Waals surface area contributed by atoms with Crippen LogP contribution in [0.5, 0.6) is 5.88 Å². The normalized spacial score (nSPS) is 11.6. The molecular formula is C10H13BrN4O3S. The van der Waals surface area contributed by atoms with Gasteiger partial charge in [0, 0.05) is 0 Å². The van der Waals surface area contributed by atoms with Crippen molar-refractivity contribution in [1.29, 1.82) is 0 Å². The maximum Gasteiger partial charge on any atom is 0.315 e. The standard InChI is InChI=1S/C10H13BrN4O3S/c1-10(2,16)8-13-14-9(18-8)12-4-5-6(11)7(17-3)15-19-5/h16H,4H2,1-3H3,(H,12,14). The molecule has 104 valence electrons. The molecule has 0 aliphatic carbocycles. The maximum atomic E-state index is 9.71. The van der Waals surface area contributed by atoms with Crippen LogP contribution in [0.1, 0.15) is 24.6 Å². The highest BCUT2D eigenvalue weighted by Gasteiger charge is 2.23. The van der Waals surface area contributed by atoms with Gasteiger partial charge in [-0.3, -0.25) is 0 Å². The molecule has 0 aliphatic rings. The summed E-state index contributed by atoms with van der Waals surface area (Å²) in [6.07, 6.45) is 0. The maximum absolute atomic E-state index is 9.71. The number of rotatable bonds is 5. The number of halogens is 1. The molecule has 0 radical (unpaired) electrons. The molecular weight excluding hydrogens is 336 g/mol. The first kappa shape index (κ1) is 14.2. The highest BCUT2D eigenvalue weighted by atomic mass is 79.9. The first-order valence-electron chi connectivity index (χ1n) is 5.40. The Morgan fingerprint density at radius 1 is 1.47 bits per heavy atom. The summed E-state index contributed by atoms with van der Waals surface area (Å²) in [6.45, 7) is 3.62. The lowest BCUT2D eigenvalue weighted by Crippen LogP contribution is -2.15. The fraction of sp³-hybridized carbons (Fsp3) is 0.500. The summed E-state index contributed by atoms with van der Waals surface area (Å²) < 4.78 is 15.3. The van der Waals surface area contributed by atoms with Crippen molar-refractivity contribution in [3.8, 4) is 5.88 Å². The van der Waals surface area contributed by atoms with Crippen LogP contribution in [0.15, 0.2) is 8.89 Å². The smallest absolute Gasteiger partial charge is 0.315 e. The summed E-state index contributed by atoms with van der Waals surface area (Å²) in [5.74, 6) is 0.709. The minimum Gasteiger partial charge on any atom is -0.480 e. The van der Waals surface area contributed by atoms with Crippen LogP contribution in [-0.4, -0.2) is 26.8 Å². The van der Waals surface area contributed by atoms with Crippen LogP contribution in [-0.2, 0) is 12.1 Å². The van der Waals surface area contributed by atoms with Crippen LogP contribution < -0.4 is 10.1 Å². The third kappa shape index (κ3) is 3.23. The van der Waals surface area contributed by atoms with Gasteiger partial charge in [-0.1, -0.05) is 5.10 Å². The van der Waals surface area contributed by atoms with Gasteiger partial charge < -0.3 is 19.6 Å². The molecule has 0 spiro atoms. The van der Waals surface area contributed by atoms with Gasteiger partial charge in [-0.2, -0.15) is 4.37 Å². The number of anilines is 1. The molecule has 2 N–H and O–H groups in total. The van der Waals surface area contributed by atoms with Gasteiger partial charge in [-0.05, 0) is 41.3 Å². The number of aliphatic hydroxyl groups is 1. The predicted octanol–water partition coefficient (Wildman–Crippen LogP) is 2.14. The molecule has 2 rings (SSSR count). The summed E-state index contributed by atoms with van der Waals surface area (Å²) in [7, 11) is 1.56. The topological polar surface area (TPSA) is 93.3 Å². The summed E-state index contributed by atoms with van der Waals surface area (Å²) in [5.41, 5.74) is -1.15. The number of hydrogen-bond acceptors (Lipinski definition) is 8. The van der Waals surface area contributed by atoms with E-state index in [1.807, 2.05) is 0 Å². The second-order valence-corrected chi connectivity index (χ2v) is 5.90. The molecule has 0 aromatic carbocycles. The van der Waals surface area contributed by atoms with E-state index in [2.05, 4.69) is 35.8 Å². The zero-order chi connectivity index (χ0) is 14.0. The molecule has 0 saturated carbocycles. The van der Waals surface area contributed by atoms with E-state index < -0.39 is 5.60 Å². The van der Waals surface area contributed by atoms with Gasteiger partial charge in [0.2, 0.25) is 11.8 Å². The van der Waals surface area contributed by atoms with E-state index in [1.165, 1.54) is 11.5 Å². The van der Waals surface area contributed by atoms with E-state index in [0.29, 0.717) is 12.4 Å². The van der Waals surface area contributed by atoms with Gasteiger partial charge in [0.1, 0.15) is 5.60 Å². The van der Waals surface area contributed by atoms with Crippen molar-refractivity contribution in [2.24, 2.45) is 0 Å². The van der Waals surface area contributed by atoms with Crippen molar-refractivity contribution in [1.82, 2.24) is 14.6 Å². The number of aromatic nitrogens is 3. The van der Waals surface area contributed by atoms with E-state index in [9.17, 15) is 5.11 Å². The predicted molar refractivity (Wildman–Crippen MR) is 73.2 cm³/mol. The van der Waals surface area contributed by atoms with Crippen molar-refractivity contribution in [2.45, 2.75) is 26.0 Å². The molecule has 0 amide bonds. The second kappa shape index (κ2) is 5.43. The molecule has 9 heteroatoms. The Balaban J connectivity index is 2.02. The van der Waals surface area contributed by atoms with Crippen LogP contribution in [0, 0.1) is 0 Å². The highest BCUT2D eigenvalue weighted by Crippen LogP contribution is 2.31. The lowest BCUT2D eigenvalue weighted by atomic mass is 10.1. The SMILES string of the molecule is COc1nsc(CNc2nnc(C(C)(C)O)o2)c1Br. The average molecular weight is 349 g/mol. The highest BCUT2D eigenvalue weighted by molar-refractivity contribution is 9.10. The second-order valence-electron chi connectivity index (χ2n) is 4.25. The largest absolute Gasteiger partial charge is 0.480 e. The Bertz CT molecular complexity index is 563. The lowest BCUT2D eigenvalue weighted by molar-refractivity contribution is 0.0489. The van der Waals surface area contributed by atoms with Crippen LogP contribution in [0.2, 0.25) is 0 Å². The third-order valence-corrected chi connectivity index (χ3v) is 4.12. The Hall–Kier alpha value is -1.19. The minimum absolute atomic E-state index is 0.163. The Morgan fingerprint density at radius 2 is 2.21 bits per heavy atom. The first-order chi connectivity index (χ1) is 8.91. The number of nitrogens with zero attached hydrogens (tertiary/aromatic N) is 3. The molecule has 0 unspecified atom stereocenters. The van der Waals surface area contributed by atoms with E-state index in [-0.39, 0.29) is 11.9 Å². The molecule has 2 aromatic heterocycles. The van der Waals surface area contributed by atoms with Gasteiger partial charge in [-0.15, -0.1) is 5.10 Å². The van der Waals surface area contributed by atoms with Gasteiger partial charge >= 0.3 is 6.01 Å². The van der Waals surface area contributed by atoms with Crippen LogP contribution in [0.4, 0.5) is 6.01 Å². The fourth-order valence-electron chi connectivity index (χ4n) is 1.23. The van der Waals surface area contributed by atoms with E-state index in [1.54, 1.807) is 21.0 Å². The van der Waals surface area contributed by atoms with Crippen molar-refractivity contribution in [2.75, 3.05) is 12.4 Å². The van der Waals surface area contributed by atoms with Gasteiger partial charge in [0.25, 0.3) is 0 Å². The number of hydrogen-bond donors (Lipinski definition) is 2. The van der Waals surface area contributed by atoms with E-state index in [0.717, 1.165) is 9.35 Å². The third-order valence-electron chi connectivity index (χ3n) is 2.21. The van der Waals surface area contributed by atoms with Crippen LogP contribution in [0.25, 0.3) is 0 Å². The van der Waals surface area contributed by atoms with Crippen LogP contribution >= 0.6 is 27.5 Å². The molecule has 2 aromatic rings. The molecule has 19 heavy (non-hydrogen) atoms. The van der Waals surface area contributed by atoms with Crippen molar-refractivity contribution < 1.29 is 14.3 Å². The number of ether oxygens (including phenoxy) is 1. The molecule has 7 nitrogen and oxygen atoms in total. The zero-order valence-electron chi connectivity index (χ0n) is 10.6. The minimum atomic E-state index is -1.15. The lowest BCUT2D eigenvalue weighted by Gasteiger charge is -2.09. The number of nitrogens with one attached hydrogen (secondary N) is 1. The molecule has 0 fully saturated rings. The summed E-state index contributed by atoms with van der Waals surface area (Å²) in [4.78, 5) is 0.944. The summed E-state index contributed by atoms with van der Waals surface area (Å²) in [5, 5.41) is 20.2.